The van der Waals surface area contributed by atoms with Gasteiger partial charge in [-0.2, -0.15) is 0 Å². The molecule has 0 radical (unpaired) electrons. The molecule has 0 aliphatic heterocycles. The predicted molar refractivity (Wildman–Crippen MR) is 112 cm³/mol. The van der Waals surface area contributed by atoms with E-state index in [2.05, 4.69) is 34.7 Å². The quantitative estimate of drug-likeness (QED) is 0.536. The Morgan fingerprint density at radius 2 is 1.79 bits per heavy atom. The molecule has 0 aliphatic carbocycles. The maximum atomic E-state index is 12.5. The van der Waals surface area contributed by atoms with Crippen molar-refractivity contribution in [1.82, 2.24) is 9.38 Å². The van der Waals surface area contributed by atoms with Crippen molar-refractivity contribution in [2.75, 3.05) is 10.6 Å². The molecule has 2 aromatic heterocycles. The first-order valence-corrected chi connectivity index (χ1v) is 9.67. The fourth-order valence-corrected chi connectivity index (χ4v) is 3.58. The molecule has 4 aromatic rings. The fourth-order valence-electron chi connectivity index (χ4n) is 2.90. The van der Waals surface area contributed by atoms with Gasteiger partial charge in [-0.3, -0.25) is 14.0 Å². The molecule has 2 heterocycles. The summed E-state index contributed by atoms with van der Waals surface area (Å²) in [5.41, 5.74) is 2.37. The Hall–Kier alpha value is -3.45. The van der Waals surface area contributed by atoms with Gasteiger partial charge in [0.25, 0.3) is 11.5 Å². The minimum absolute atomic E-state index is 0.0100. The molecule has 6 nitrogen and oxygen atoms in total. The third-order valence-corrected chi connectivity index (χ3v) is 5.18. The van der Waals surface area contributed by atoms with Gasteiger partial charge in [-0.25, -0.2) is 4.98 Å². The fraction of sp³-hybridized carbons (Fsp3) is 0.0952. The first-order chi connectivity index (χ1) is 13.6. The minimum Gasteiger partial charge on any atom is -0.379 e. The monoisotopic (exact) mass is 390 g/mol. The molecule has 2 aromatic carbocycles. The lowest BCUT2D eigenvalue weighted by atomic mass is 10.1. The van der Waals surface area contributed by atoms with Gasteiger partial charge in [0, 0.05) is 35.2 Å². The minimum atomic E-state index is -0.475. The summed E-state index contributed by atoms with van der Waals surface area (Å²) < 4.78 is 1.37. The molecule has 0 spiro atoms. The van der Waals surface area contributed by atoms with E-state index in [9.17, 15) is 9.59 Å². The molecule has 140 valence electrons. The van der Waals surface area contributed by atoms with Gasteiger partial charge in [0.05, 0.1) is 0 Å². The first-order valence-electron chi connectivity index (χ1n) is 8.79. The second kappa shape index (κ2) is 7.66. The van der Waals surface area contributed by atoms with Crippen LogP contribution in [0, 0.1) is 0 Å². The third kappa shape index (κ3) is 3.65. The molecule has 4 rings (SSSR count). The standard InChI is InChI=1S/C21H18N4O2S/c1-14(15-5-3-2-4-6-15)23-16-7-9-17(10-8-16)24-19(26)18-13-22-21-25(20(18)27)11-12-28-21/h2-14,23H,1H3,(H,24,26)/t14-/m1/s1. The first kappa shape index (κ1) is 17.9. The van der Waals surface area contributed by atoms with Crippen LogP contribution in [0.1, 0.15) is 28.9 Å². The molecule has 0 bridgehead atoms. The maximum absolute atomic E-state index is 12.5. The zero-order chi connectivity index (χ0) is 19.5. The zero-order valence-corrected chi connectivity index (χ0v) is 15.9. The molecule has 1 atom stereocenters. The van der Waals surface area contributed by atoms with Gasteiger partial charge < -0.3 is 10.6 Å². The van der Waals surface area contributed by atoms with E-state index in [1.807, 2.05) is 30.3 Å². The van der Waals surface area contributed by atoms with Gasteiger partial charge in [-0.1, -0.05) is 30.3 Å². The Morgan fingerprint density at radius 3 is 2.54 bits per heavy atom. The summed E-state index contributed by atoms with van der Waals surface area (Å²) in [5.74, 6) is -0.475. The number of carbonyl (C=O) groups excluding carboxylic acids is 1. The van der Waals surface area contributed by atoms with Crippen LogP contribution in [0.3, 0.4) is 0 Å². The largest absolute Gasteiger partial charge is 0.379 e. The van der Waals surface area contributed by atoms with Crippen LogP contribution in [-0.2, 0) is 0 Å². The van der Waals surface area contributed by atoms with E-state index >= 15 is 0 Å². The number of hydrogen-bond donors (Lipinski definition) is 2. The number of amides is 1. The van der Waals surface area contributed by atoms with Crippen LogP contribution in [0.4, 0.5) is 11.4 Å². The van der Waals surface area contributed by atoms with Crippen LogP contribution in [0.15, 0.2) is 77.2 Å². The molecule has 0 saturated carbocycles. The number of rotatable bonds is 5. The normalized spacial score (nSPS) is 11.9. The summed E-state index contributed by atoms with van der Waals surface area (Å²) in [7, 11) is 0. The van der Waals surface area contributed by atoms with E-state index < -0.39 is 5.91 Å². The van der Waals surface area contributed by atoms with Crippen LogP contribution in [0.25, 0.3) is 4.96 Å². The molecule has 0 fully saturated rings. The van der Waals surface area contributed by atoms with Crippen LogP contribution in [-0.4, -0.2) is 15.3 Å². The van der Waals surface area contributed by atoms with Gasteiger partial charge >= 0.3 is 0 Å². The summed E-state index contributed by atoms with van der Waals surface area (Å²) in [4.78, 5) is 29.6. The van der Waals surface area contributed by atoms with E-state index in [1.54, 1.807) is 23.7 Å². The highest BCUT2D eigenvalue weighted by molar-refractivity contribution is 7.15. The van der Waals surface area contributed by atoms with E-state index in [0.717, 1.165) is 5.69 Å². The molecule has 0 aliphatic rings. The molecule has 7 heteroatoms. The smallest absolute Gasteiger partial charge is 0.271 e. The van der Waals surface area contributed by atoms with Crippen molar-refractivity contribution in [1.29, 1.82) is 0 Å². The number of carbonyl (C=O) groups is 1. The van der Waals surface area contributed by atoms with E-state index in [0.29, 0.717) is 10.6 Å². The Labute approximate surface area is 165 Å². The summed E-state index contributed by atoms with van der Waals surface area (Å²) in [5, 5.41) is 7.93. The molecular weight excluding hydrogens is 372 g/mol. The van der Waals surface area contributed by atoms with E-state index in [4.69, 9.17) is 0 Å². The summed E-state index contributed by atoms with van der Waals surface area (Å²) in [6.45, 7) is 2.09. The van der Waals surface area contributed by atoms with Crippen LogP contribution in [0.5, 0.6) is 0 Å². The highest BCUT2D eigenvalue weighted by atomic mass is 32.1. The van der Waals surface area contributed by atoms with Gasteiger partial charge in [-0.15, -0.1) is 11.3 Å². The molecule has 0 saturated heterocycles. The number of fused-ring (bicyclic) bond motifs is 1. The average molecular weight is 390 g/mol. The van der Waals surface area contributed by atoms with Crippen molar-refractivity contribution in [2.24, 2.45) is 0 Å². The van der Waals surface area contributed by atoms with Crippen molar-refractivity contribution in [3.05, 3.63) is 93.9 Å². The van der Waals surface area contributed by atoms with E-state index in [-0.39, 0.29) is 17.2 Å². The summed E-state index contributed by atoms with van der Waals surface area (Å²) in [6, 6.07) is 17.7. The van der Waals surface area contributed by atoms with Gasteiger partial charge in [0.2, 0.25) is 0 Å². The summed E-state index contributed by atoms with van der Waals surface area (Å²) >= 11 is 1.34. The second-order valence-corrected chi connectivity index (χ2v) is 7.21. The SMILES string of the molecule is C[C@@H](Nc1ccc(NC(=O)c2cnc3sccn3c2=O)cc1)c1ccccc1. The maximum Gasteiger partial charge on any atom is 0.271 e. The number of nitrogens with zero attached hydrogens (tertiary/aromatic N) is 2. The van der Waals surface area contributed by atoms with Crippen molar-refractivity contribution < 1.29 is 4.79 Å². The topological polar surface area (TPSA) is 75.5 Å². The number of thiazole rings is 1. The Bertz CT molecular complexity index is 1170. The number of benzene rings is 2. The highest BCUT2D eigenvalue weighted by Crippen LogP contribution is 2.21. The average Bonchev–Trinajstić information content (AvgIpc) is 3.20. The van der Waals surface area contributed by atoms with Crippen molar-refractivity contribution in [2.45, 2.75) is 13.0 Å². The number of aromatic nitrogens is 2. The molecule has 28 heavy (non-hydrogen) atoms. The van der Waals surface area contributed by atoms with Crippen LogP contribution < -0.4 is 16.2 Å². The van der Waals surface area contributed by atoms with Gasteiger partial charge in [0.15, 0.2) is 4.96 Å². The third-order valence-electron chi connectivity index (χ3n) is 4.41. The van der Waals surface area contributed by atoms with Crippen LogP contribution in [0.2, 0.25) is 0 Å². The second-order valence-electron chi connectivity index (χ2n) is 6.34. The van der Waals surface area contributed by atoms with Gasteiger partial charge in [-0.05, 0) is 36.8 Å². The number of hydrogen-bond acceptors (Lipinski definition) is 5. The van der Waals surface area contributed by atoms with E-state index in [1.165, 1.54) is 27.5 Å². The molecule has 1 amide bonds. The number of nitrogens with one attached hydrogen (secondary N) is 2. The molecule has 0 unspecified atom stereocenters. The lowest BCUT2D eigenvalue weighted by Gasteiger charge is -2.16. The number of anilines is 2. The van der Waals surface area contributed by atoms with Crippen LogP contribution >= 0.6 is 11.3 Å². The Balaban J connectivity index is 1.46. The Morgan fingerprint density at radius 1 is 1.07 bits per heavy atom. The Kier molecular flexibility index (Phi) is 4.90. The highest BCUT2D eigenvalue weighted by Gasteiger charge is 2.14. The van der Waals surface area contributed by atoms with Crippen molar-refractivity contribution in [3.63, 3.8) is 0 Å². The van der Waals surface area contributed by atoms with Crippen molar-refractivity contribution in [3.8, 4) is 0 Å². The molecule has 2 N–H and O–H groups in total. The predicted octanol–water partition coefficient (Wildman–Crippen LogP) is 4.18. The van der Waals surface area contributed by atoms with Crippen molar-refractivity contribution >= 4 is 33.6 Å². The zero-order valence-electron chi connectivity index (χ0n) is 15.1. The molecular formula is C21H18N4O2S. The lowest BCUT2D eigenvalue weighted by molar-refractivity contribution is 0.102. The summed E-state index contributed by atoms with van der Waals surface area (Å²) in [6.07, 6.45) is 2.93. The van der Waals surface area contributed by atoms with Gasteiger partial charge in [0.1, 0.15) is 5.56 Å². The lowest BCUT2D eigenvalue weighted by Crippen LogP contribution is -2.25.